The lowest BCUT2D eigenvalue weighted by atomic mass is 10.4. The fraction of sp³-hybridized carbons (Fsp3) is 0.429. The lowest BCUT2D eigenvalue weighted by Crippen LogP contribution is -2.28. The van der Waals surface area contributed by atoms with Gasteiger partial charge in [0.05, 0.1) is 12.4 Å². The molecule has 1 saturated heterocycles. The van der Waals surface area contributed by atoms with Crippen molar-refractivity contribution in [2.75, 3.05) is 11.4 Å². The SMILES string of the molecule is O=C1CC(S(=O)(=O)Cl)CN1c1nccnn1. The van der Waals surface area contributed by atoms with Gasteiger partial charge in [0.15, 0.2) is 0 Å². The van der Waals surface area contributed by atoms with Crippen LogP contribution in [0.4, 0.5) is 5.95 Å². The Morgan fingerprint density at radius 1 is 1.44 bits per heavy atom. The topological polar surface area (TPSA) is 93.1 Å². The maximum Gasteiger partial charge on any atom is 0.252 e. The molecule has 1 atom stereocenters. The van der Waals surface area contributed by atoms with Crippen LogP contribution in [-0.4, -0.2) is 41.3 Å². The zero-order chi connectivity index (χ0) is 11.8. The minimum atomic E-state index is -3.74. The number of nitrogens with zero attached hydrogens (tertiary/aromatic N) is 4. The quantitative estimate of drug-likeness (QED) is 0.670. The molecule has 1 aromatic heterocycles. The number of carbonyl (C=O) groups excluding carboxylic acids is 1. The summed E-state index contributed by atoms with van der Waals surface area (Å²) in [6.07, 6.45) is 2.59. The molecule has 0 aliphatic carbocycles. The highest BCUT2D eigenvalue weighted by Crippen LogP contribution is 2.23. The van der Waals surface area contributed by atoms with Crippen molar-refractivity contribution in [2.24, 2.45) is 0 Å². The smallest absolute Gasteiger partial charge is 0.252 e. The van der Waals surface area contributed by atoms with Crippen molar-refractivity contribution in [1.82, 2.24) is 15.2 Å². The number of amides is 1. The third-order valence-electron chi connectivity index (χ3n) is 2.20. The van der Waals surface area contributed by atoms with Crippen molar-refractivity contribution in [3.05, 3.63) is 12.4 Å². The Hall–Kier alpha value is -1.28. The van der Waals surface area contributed by atoms with Gasteiger partial charge in [-0.1, -0.05) is 0 Å². The summed E-state index contributed by atoms with van der Waals surface area (Å²) in [5.74, 6) is -0.280. The number of aromatic nitrogens is 3. The van der Waals surface area contributed by atoms with Gasteiger partial charge in [-0.3, -0.25) is 9.69 Å². The first-order valence-corrected chi connectivity index (χ1v) is 6.73. The summed E-state index contributed by atoms with van der Waals surface area (Å²) in [7, 11) is 1.45. The average molecular weight is 263 g/mol. The van der Waals surface area contributed by atoms with Crippen LogP contribution < -0.4 is 4.90 Å². The number of hydrogen-bond acceptors (Lipinski definition) is 6. The predicted molar refractivity (Wildman–Crippen MR) is 55.4 cm³/mol. The molecule has 86 valence electrons. The Kier molecular flexibility index (Phi) is 2.76. The Bertz CT molecular complexity index is 506. The first-order valence-electron chi connectivity index (χ1n) is 4.36. The van der Waals surface area contributed by atoms with Crippen LogP contribution in [0.15, 0.2) is 12.4 Å². The van der Waals surface area contributed by atoms with Crippen LogP contribution >= 0.6 is 10.7 Å². The standard InChI is InChI=1S/C7H7ClN4O3S/c8-16(14,15)5-3-6(13)12(4-5)7-9-1-2-10-11-7/h1-2,5H,3-4H2. The van der Waals surface area contributed by atoms with E-state index in [2.05, 4.69) is 15.2 Å². The molecule has 1 aliphatic rings. The fourth-order valence-electron chi connectivity index (χ4n) is 1.42. The van der Waals surface area contributed by atoms with Gasteiger partial charge in [-0.05, 0) is 0 Å². The minimum Gasteiger partial charge on any atom is -0.278 e. The highest BCUT2D eigenvalue weighted by molar-refractivity contribution is 8.14. The fourth-order valence-corrected chi connectivity index (χ4v) is 2.45. The van der Waals surface area contributed by atoms with E-state index in [1.54, 1.807) is 0 Å². The van der Waals surface area contributed by atoms with Gasteiger partial charge >= 0.3 is 0 Å². The average Bonchev–Trinajstić information content (AvgIpc) is 2.61. The van der Waals surface area contributed by atoms with Gasteiger partial charge in [0.25, 0.3) is 5.95 Å². The number of halogens is 1. The van der Waals surface area contributed by atoms with E-state index in [4.69, 9.17) is 10.7 Å². The summed E-state index contributed by atoms with van der Waals surface area (Å²) in [4.78, 5) is 16.5. The summed E-state index contributed by atoms with van der Waals surface area (Å²) in [6.45, 7) is -0.0314. The Labute approximate surface area is 95.9 Å². The van der Waals surface area contributed by atoms with Gasteiger partial charge in [0.2, 0.25) is 15.0 Å². The van der Waals surface area contributed by atoms with Crippen LogP contribution in [0.2, 0.25) is 0 Å². The zero-order valence-corrected chi connectivity index (χ0v) is 9.52. The van der Waals surface area contributed by atoms with Gasteiger partial charge in [0.1, 0.15) is 5.25 Å². The molecule has 1 aromatic rings. The maximum atomic E-state index is 11.5. The Morgan fingerprint density at radius 3 is 2.69 bits per heavy atom. The van der Waals surface area contributed by atoms with E-state index in [0.717, 1.165) is 4.90 Å². The van der Waals surface area contributed by atoms with Gasteiger partial charge in [-0.2, -0.15) is 5.10 Å². The van der Waals surface area contributed by atoms with E-state index in [1.807, 2.05) is 0 Å². The van der Waals surface area contributed by atoms with Gasteiger partial charge in [0, 0.05) is 23.6 Å². The highest BCUT2D eigenvalue weighted by Gasteiger charge is 2.39. The van der Waals surface area contributed by atoms with Crippen molar-refractivity contribution in [2.45, 2.75) is 11.7 Å². The second kappa shape index (κ2) is 3.95. The molecule has 0 N–H and O–H groups in total. The first-order chi connectivity index (χ1) is 7.48. The molecule has 1 aliphatic heterocycles. The van der Waals surface area contributed by atoms with Crippen LogP contribution in [0.25, 0.3) is 0 Å². The van der Waals surface area contributed by atoms with Crippen LogP contribution in [0.3, 0.4) is 0 Å². The van der Waals surface area contributed by atoms with Crippen molar-refractivity contribution in [1.29, 1.82) is 0 Å². The summed E-state index contributed by atoms with van der Waals surface area (Å²) < 4.78 is 22.2. The van der Waals surface area contributed by atoms with E-state index in [0.29, 0.717) is 0 Å². The van der Waals surface area contributed by atoms with Crippen LogP contribution in [0.1, 0.15) is 6.42 Å². The molecule has 1 unspecified atom stereocenters. The molecule has 0 saturated carbocycles. The van der Waals surface area contributed by atoms with Crippen LogP contribution in [0.5, 0.6) is 0 Å². The van der Waals surface area contributed by atoms with Crippen molar-refractivity contribution >= 4 is 31.6 Å². The largest absolute Gasteiger partial charge is 0.278 e. The predicted octanol–water partition coefficient (Wildman–Crippen LogP) is -0.455. The molecule has 0 aromatic carbocycles. The lowest BCUT2D eigenvalue weighted by molar-refractivity contribution is -0.117. The Morgan fingerprint density at radius 2 is 2.19 bits per heavy atom. The van der Waals surface area contributed by atoms with E-state index in [-0.39, 0.29) is 24.8 Å². The van der Waals surface area contributed by atoms with E-state index < -0.39 is 14.3 Å². The second-order valence-electron chi connectivity index (χ2n) is 3.25. The molecule has 7 nitrogen and oxygen atoms in total. The number of carbonyl (C=O) groups is 1. The van der Waals surface area contributed by atoms with Crippen LogP contribution in [0, 0.1) is 0 Å². The summed E-state index contributed by atoms with van der Waals surface area (Å²) in [5.41, 5.74) is 0. The molecule has 1 amide bonds. The van der Waals surface area contributed by atoms with Crippen LogP contribution in [-0.2, 0) is 13.8 Å². The molecular weight excluding hydrogens is 256 g/mol. The molecule has 0 radical (unpaired) electrons. The third kappa shape index (κ3) is 2.12. The molecular formula is C7H7ClN4O3S. The minimum absolute atomic E-state index is 0.0314. The summed E-state index contributed by atoms with van der Waals surface area (Å²) >= 11 is 0. The summed E-state index contributed by atoms with van der Waals surface area (Å²) in [5, 5.41) is 6.28. The Balaban J connectivity index is 2.25. The number of anilines is 1. The van der Waals surface area contributed by atoms with Gasteiger partial charge in [-0.25, -0.2) is 13.4 Å². The van der Waals surface area contributed by atoms with E-state index in [1.165, 1.54) is 12.4 Å². The molecule has 9 heteroatoms. The summed E-state index contributed by atoms with van der Waals surface area (Å²) in [6, 6.07) is 0. The molecule has 0 bridgehead atoms. The molecule has 0 spiro atoms. The van der Waals surface area contributed by atoms with Crippen molar-refractivity contribution < 1.29 is 13.2 Å². The second-order valence-corrected chi connectivity index (χ2v) is 6.16. The van der Waals surface area contributed by atoms with E-state index in [9.17, 15) is 13.2 Å². The maximum absolute atomic E-state index is 11.5. The molecule has 1 fully saturated rings. The molecule has 2 rings (SSSR count). The zero-order valence-electron chi connectivity index (χ0n) is 7.95. The number of rotatable bonds is 2. The van der Waals surface area contributed by atoms with Crippen molar-refractivity contribution in [3.8, 4) is 0 Å². The number of hydrogen-bond donors (Lipinski definition) is 0. The normalized spacial score (nSPS) is 21.4. The van der Waals surface area contributed by atoms with Crippen molar-refractivity contribution in [3.63, 3.8) is 0 Å². The monoisotopic (exact) mass is 262 g/mol. The van der Waals surface area contributed by atoms with Gasteiger partial charge < -0.3 is 0 Å². The first kappa shape index (κ1) is 11.2. The lowest BCUT2D eigenvalue weighted by Gasteiger charge is -2.11. The highest BCUT2D eigenvalue weighted by atomic mass is 35.7. The molecule has 2 heterocycles. The van der Waals surface area contributed by atoms with E-state index >= 15 is 0 Å². The van der Waals surface area contributed by atoms with Gasteiger partial charge in [-0.15, -0.1) is 5.10 Å². The third-order valence-corrected chi connectivity index (χ3v) is 4.07. The molecule has 16 heavy (non-hydrogen) atoms.